The number of hydrogen-bond acceptors (Lipinski definition) is 5. The summed E-state index contributed by atoms with van der Waals surface area (Å²) in [5.74, 6) is 0.0856. The van der Waals surface area contributed by atoms with E-state index < -0.39 is 11.9 Å². The van der Waals surface area contributed by atoms with E-state index in [4.69, 9.17) is 13.6 Å². The minimum absolute atomic E-state index is 0.294. The van der Waals surface area contributed by atoms with Gasteiger partial charge in [-0.1, -0.05) is 0 Å². The number of amides is 1. The summed E-state index contributed by atoms with van der Waals surface area (Å²) in [6.45, 7) is 1.41. The van der Waals surface area contributed by atoms with Crippen LogP contribution in [0, 0.1) is 0 Å². The zero-order valence-electron chi connectivity index (χ0n) is 11.7. The van der Waals surface area contributed by atoms with Crippen molar-refractivity contribution in [3.63, 3.8) is 0 Å². The standard InChI is InChI=1S/C15H14BrNO5/c1-10(12-3-2-8-20-12)17-14(18)9-21-15(19)7-5-11-4-6-13(16)22-11/h2-8,10H,9H2,1H3,(H,17,18)/b7-5+/t10-/m0/s1. The fourth-order valence-electron chi connectivity index (χ4n) is 1.64. The quantitative estimate of drug-likeness (QED) is 0.626. The van der Waals surface area contributed by atoms with Crippen molar-refractivity contribution in [1.82, 2.24) is 5.32 Å². The van der Waals surface area contributed by atoms with Crippen molar-refractivity contribution >= 4 is 33.9 Å². The lowest BCUT2D eigenvalue weighted by molar-refractivity contribution is -0.144. The molecule has 0 bridgehead atoms. The van der Waals surface area contributed by atoms with Crippen LogP contribution in [0.4, 0.5) is 0 Å². The molecular weight excluding hydrogens is 354 g/mol. The number of furan rings is 2. The van der Waals surface area contributed by atoms with Crippen LogP contribution in [0.2, 0.25) is 0 Å². The zero-order valence-corrected chi connectivity index (χ0v) is 13.3. The Labute approximate surface area is 135 Å². The molecule has 0 aromatic carbocycles. The summed E-state index contributed by atoms with van der Waals surface area (Å²) in [7, 11) is 0. The Morgan fingerprint density at radius 3 is 2.86 bits per heavy atom. The van der Waals surface area contributed by atoms with Crippen LogP contribution in [0.15, 0.2) is 50.1 Å². The van der Waals surface area contributed by atoms with Gasteiger partial charge in [0.2, 0.25) is 0 Å². The number of nitrogens with one attached hydrogen (secondary N) is 1. The molecule has 0 radical (unpaired) electrons. The number of carbonyl (C=O) groups is 2. The van der Waals surface area contributed by atoms with Crippen molar-refractivity contribution in [1.29, 1.82) is 0 Å². The van der Waals surface area contributed by atoms with Crippen molar-refractivity contribution in [3.05, 3.63) is 52.8 Å². The fourth-order valence-corrected chi connectivity index (χ4v) is 1.96. The monoisotopic (exact) mass is 367 g/mol. The third-order valence-electron chi connectivity index (χ3n) is 2.67. The van der Waals surface area contributed by atoms with Crippen LogP contribution in [-0.4, -0.2) is 18.5 Å². The van der Waals surface area contributed by atoms with E-state index in [-0.39, 0.29) is 12.6 Å². The predicted octanol–water partition coefficient (Wildman–Crippen LogP) is 3.07. The lowest BCUT2D eigenvalue weighted by Gasteiger charge is -2.10. The molecule has 2 heterocycles. The molecule has 0 saturated carbocycles. The topological polar surface area (TPSA) is 81.7 Å². The minimum Gasteiger partial charge on any atom is -0.467 e. The Balaban J connectivity index is 1.73. The summed E-state index contributed by atoms with van der Waals surface area (Å²) in [5, 5.41) is 2.66. The van der Waals surface area contributed by atoms with Gasteiger partial charge in [0.05, 0.1) is 12.3 Å². The highest BCUT2D eigenvalue weighted by atomic mass is 79.9. The molecule has 1 atom stereocenters. The van der Waals surface area contributed by atoms with Gasteiger partial charge in [-0.2, -0.15) is 0 Å². The highest BCUT2D eigenvalue weighted by molar-refractivity contribution is 9.10. The summed E-state index contributed by atoms with van der Waals surface area (Å²) in [6.07, 6.45) is 4.17. The molecule has 1 N–H and O–H groups in total. The van der Waals surface area contributed by atoms with Crippen LogP contribution in [0.25, 0.3) is 6.08 Å². The van der Waals surface area contributed by atoms with Gasteiger partial charge in [-0.25, -0.2) is 4.79 Å². The minimum atomic E-state index is -0.631. The third-order valence-corrected chi connectivity index (χ3v) is 3.10. The van der Waals surface area contributed by atoms with Crippen molar-refractivity contribution in [3.8, 4) is 0 Å². The molecule has 116 valence electrons. The summed E-state index contributed by atoms with van der Waals surface area (Å²) in [5.41, 5.74) is 0. The van der Waals surface area contributed by atoms with Crippen molar-refractivity contribution in [2.24, 2.45) is 0 Å². The molecule has 0 spiro atoms. The molecule has 6 nitrogen and oxygen atoms in total. The molecule has 0 unspecified atom stereocenters. The molecule has 2 rings (SSSR count). The molecular formula is C15H14BrNO5. The van der Waals surface area contributed by atoms with E-state index in [9.17, 15) is 9.59 Å². The lowest BCUT2D eigenvalue weighted by atomic mass is 10.2. The highest BCUT2D eigenvalue weighted by Gasteiger charge is 2.12. The van der Waals surface area contributed by atoms with E-state index in [0.29, 0.717) is 16.2 Å². The van der Waals surface area contributed by atoms with Gasteiger partial charge < -0.3 is 18.9 Å². The number of ether oxygens (including phenoxy) is 1. The van der Waals surface area contributed by atoms with Crippen molar-refractivity contribution in [2.75, 3.05) is 6.61 Å². The van der Waals surface area contributed by atoms with Crippen LogP contribution < -0.4 is 5.32 Å². The number of hydrogen-bond donors (Lipinski definition) is 1. The molecule has 1 amide bonds. The first-order valence-corrected chi connectivity index (χ1v) is 7.27. The van der Waals surface area contributed by atoms with Crippen LogP contribution in [0.1, 0.15) is 24.5 Å². The van der Waals surface area contributed by atoms with Crippen molar-refractivity contribution in [2.45, 2.75) is 13.0 Å². The molecule has 0 fully saturated rings. The normalized spacial score (nSPS) is 12.3. The Morgan fingerprint density at radius 2 is 2.23 bits per heavy atom. The molecule has 2 aromatic rings. The van der Waals surface area contributed by atoms with E-state index in [2.05, 4.69) is 21.2 Å². The number of halogens is 1. The van der Waals surface area contributed by atoms with Gasteiger partial charge >= 0.3 is 5.97 Å². The molecule has 0 aliphatic heterocycles. The van der Waals surface area contributed by atoms with E-state index in [1.54, 1.807) is 31.2 Å². The third kappa shape index (κ3) is 4.92. The molecule has 0 aliphatic carbocycles. The van der Waals surface area contributed by atoms with Crippen LogP contribution in [0.3, 0.4) is 0 Å². The summed E-state index contributed by atoms with van der Waals surface area (Å²) in [6, 6.07) is 6.58. The predicted molar refractivity (Wildman–Crippen MR) is 81.7 cm³/mol. The Kier molecular flexibility index (Phi) is 5.60. The van der Waals surface area contributed by atoms with Gasteiger partial charge in [0, 0.05) is 6.08 Å². The van der Waals surface area contributed by atoms with Gasteiger partial charge in [0.25, 0.3) is 5.91 Å². The highest BCUT2D eigenvalue weighted by Crippen LogP contribution is 2.15. The Morgan fingerprint density at radius 1 is 1.41 bits per heavy atom. The van der Waals surface area contributed by atoms with Crippen LogP contribution in [0.5, 0.6) is 0 Å². The molecule has 0 saturated heterocycles. The Hall–Kier alpha value is -2.28. The average Bonchev–Trinajstić information content (AvgIpc) is 3.14. The summed E-state index contributed by atoms with van der Waals surface area (Å²) in [4.78, 5) is 23.1. The number of carbonyl (C=O) groups excluding carboxylic acids is 2. The van der Waals surface area contributed by atoms with E-state index in [0.717, 1.165) is 0 Å². The van der Waals surface area contributed by atoms with E-state index in [1.165, 1.54) is 18.4 Å². The van der Waals surface area contributed by atoms with Crippen LogP contribution >= 0.6 is 15.9 Å². The second kappa shape index (κ2) is 7.65. The van der Waals surface area contributed by atoms with E-state index in [1.807, 2.05) is 0 Å². The smallest absolute Gasteiger partial charge is 0.331 e. The molecule has 22 heavy (non-hydrogen) atoms. The maximum atomic E-state index is 11.7. The fraction of sp³-hybridized carbons (Fsp3) is 0.200. The van der Waals surface area contributed by atoms with E-state index >= 15 is 0 Å². The zero-order chi connectivity index (χ0) is 15.9. The largest absolute Gasteiger partial charge is 0.467 e. The first kappa shape index (κ1) is 16.1. The number of esters is 1. The molecule has 2 aromatic heterocycles. The van der Waals surface area contributed by atoms with Gasteiger partial charge in [0.1, 0.15) is 11.5 Å². The Bertz CT molecular complexity index is 659. The number of rotatable bonds is 6. The second-order valence-electron chi connectivity index (χ2n) is 4.39. The van der Waals surface area contributed by atoms with Gasteiger partial charge in [0.15, 0.2) is 11.3 Å². The average molecular weight is 368 g/mol. The maximum Gasteiger partial charge on any atom is 0.331 e. The SMILES string of the molecule is C[C@H](NC(=O)COC(=O)/C=C/c1ccc(Br)o1)c1ccco1. The first-order chi connectivity index (χ1) is 10.5. The maximum absolute atomic E-state index is 11.7. The molecule has 0 aliphatic rings. The summed E-state index contributed by atoms with van der Waals surface area (Å²) >= 11 is 3.15. The van der Waals surface area contributed by atoms with Gasteiger partial charge in [-0.15, -0.1) is 0 Å². The van der Waals surface area contributed by atoms with Gasteiger partial charge in [-0.3, -0.25) is 4.79 Å². The van der Waals surface area contributed by atoms with Crippen molar-refractivity contribution < 1.29 is 23.2 Å². The first-order valence-electron chi connectivity index (χ1n) is 6.47. The van der Waals surface area contributed by atoms with Gasteiger partial charge in [-0.05, 0) is 53.2 Å². The molecule has 7 heteroatoms. The second-order valence-corrected chi connectivity index (χ2v) is 5.17. The van der Waals surface area contributed by atoms with Crippen LogP contribution in [-0.2, 0) is 14.3 Å². The summed E-state index contributed by atoms with van der Waals surface area (Å²) < 4.78 is 15.7. The lowest BCUT2D eigenvalue weighted by Crippen LogP contribution is -2.30.